The van der Waals surface area contributed by atoms with E-state index in [0.29, 0.717) is 34.6 Å². The van der Waals surface area contributed by atoms with Crippen molar-refractivity contribution in [3.05, 3.63) is 58.6 Å². The van der Waals surface area contributed by atoms with Gasteiger partial charge in [0.2, 0.25) is 0 Å². The molecule has 0 bridgehead atoms. The Bertz CT molecular complexity index is 814. The van der Waals surface area contributed by atoms with Crippen LogP contribution >= 0.6 is 23.8 Å². The van der Waals surface area contributed by atoms with Crippen molar-refractivity contribution in [3.8, 4) is 5.75 Å². The Morgan fingerprint density at radius 3 is 2.67 bits per heavy atom. The average Bonchev–Trinajstić information content (AvgIpc) is 2.61. The number of benzene rings is 2. The van der Waals surface area contributed by atoms with E-state index < -0.39 is 5.97 Å². The van der Waals surface area contributed by atoms with Crippen LogP contribution in [0.1, 0.15) is 29.8 Å². The van der Waals surface area contributed by atoms with Crippen LogP contribution in [0.3, 0.4) is 0 Å². The predicted octanol–water partition coefficient (Wildman–Crippen LogP) is 4.58. The molecule has 2 N–H and O–H groups in total. The quantitative estimate of drug-likeness (QED) is 0.518. The Morgan fingerprint density at radius 2 is 2.00 bits per heavy atom. The molecule has 5 nitrogen and oxygen atoms in total. The van der Waals surface area contributed by atoms with Gasteiger partial charge in [-0.15, -0.1) is 0 Å². The highest BCUT2D eigenvalue weighted by Crippen LogP contribution is 2.22. The summed E-state index contributed by atoms with van der Waals surface area (Å²) < 4.78 is 10.8. The molecule has 0 fully saturated rings. The monoisotopic (exact) mass is 406 g/mol. The molecular weight excluding hydrogens is 384 g/mol. The largest absolute Gasteiger partial charge is 0.491 e. The second-order valence-corrected chi connectivity index (χ2v) is 6.81. The predicted molar refractivity (Wildman–Crippen MR) is 113 cm³/mol. The molecule has 2 aromatic rings. The topological polar surface area (TPSA) is 59.6 Å². The van der Waals surface area contributed by atoms with Gasteiger partial charge >= 0.3 is 5.97 Å². The molecule has 2 rings (SSSR count). The van der Waals surface area contributed by atoms with Gasteiger partial charge in [0.15, 0.2) is 5.11 Å². The number of carbonyl (C=O) groups excluding carboxylic acids is 1. The van der Waals surface area contributed by atoms with E-state index in [0.717, 1.165) is 11.3 Å². The van der Waals surface area contributed by atoms with Crippen LogP contribution < -0.4 is 15.4 Å². The van der Waals surface area contributed by atoms with E-state index in [4.69, 9.17) is 33.3 Å². The third-order valence-electron chi connectivity index (χ3n) is 3.68. The Labute approximate surface area is 170 Å². The van der Waals surface area contributed by atoms with Gasteiger partial charge in [-0.05, 0) is 62.8 Å². The molecule has 2 aromatic carbocycles. The molecule has 27 heavy (non-hydrogen) atoms. The van der Waals surface area contributed by atoms with Gasteiger partial charge in [0.25, 0.3) is 0 Å². The van der Waals surface area contributed by atoms with Gasteiger partial charge in [-0.1, -0.05) is 29.8 Å². The number of aryl methyl sites for hydroxylation is 1. The lowest BCUT2D eigenvalue weighted by Crippen LogP contribution is -2.39. The average molecular weight is 407 g/mol. The lowest BCUT2D eigenvalue weighted by molar-refractivity contribution is 0.0526. The molecule has 0 aromatic heterocycles. The molecule has 0 aliphatic heterocycles. The molecule has 1 unspecified atom stereocenters. The van der Waals surface area contributed by atoms with Gasteiger partial charge in [-0.2, -0.15) is 0 Å². The molecule has 0 spiro atoms. The Balaban J connectivity index is 1.86. The maximum atomic E-state index is 11.8. The minimum absolute atomic E-state index is 0.00103. The molecule has 0 saturated heterocycles. The van der Waals surface area contributed by atoms with Gasteiger partial charge in [0, 0.05) is 5.69 Å². The fourth-order valence-electron chi connectivity index (χ4n) is 2.33. The second-order valence-electron chi connectivity index (χ2n) is 5.99. The fourth-order valence-corrected chi connectivity index (χ4v) is 2.91. The molecule has 0 saturated carbocycles. The first-order valence-corrected chi connectivity index (χ1v) is 9.42. The molecule has 0 radical (unpaired) electrons. The normalized spacial score (nSPS) is 11.4. The minimum Gasteiger partial charge on any atom is -0.491 e. The van der Waals surface area contributed by atoms with E-state index in [1.807, 2.05) is 38.1 Å². The van der Waals surface area contributed by atoms with Crippen LogP contribution in [0.5, 0.6) is 5.75 Å². The number of hydrogen-bond acceptors (Lipinski definition) is 4. The zero-order valence-electron chi connectivity index (χ0n) is 15.5. The number of para-hydroxylation sites is 1. The Morgan fingerprint density at radius 1 is 1.26 bits per heavy atom. The van der Waals surface area contributed by atoms with Crippen LogP contribution in [0.15, 0.2) is 42.5 Å². The Kier molecular flexibility index (Phi) is 7.88. The number of thiocarbonyl (C=S) groups is 1. The molecule has 0 aliphatic carbocycles. The summed E-state index contributed by atoms with van der Waals surface area (Å²) >= 11 is 11.5. The van der Waals surface area contributed by atoms with Crippen molar-refractivity contribution in [3.63, 3.8) is 0 Å². The van der Waals surface area contributed by atoms with Crippen molar-refractivity contribution in [1.82, 2.24) is 5.32 Å². The first kappa shape index (κ1) is 21.0. The maximum absolute atomic E-state index is 11.8. The zero-order chi connectivity index (χ0) is 19.8. The molecule has 144 valence electrons. The van der Waals surface area contributed by atoms with E-state index in [9.17, 15) is 4.79 Å². The SMILES string of the molecule is CCOC(=O)c1ccc(NC(=S)NC(C)COc2ccccc2C)cc1Cl. The van der Waals surface area contributed by atoms with Crippen molar-refractivity contribution in [2.24, 2.45) is 0 Å². The highest BCUT2D eigenvalue weighted by Gasteiger charge is 2.12. The van der Waals surface area contributed by atoms with Gasteiger partial charge in [-0.25, -0.2) is 4.79 Å². The molecule has 0 heterocycles. The summed E-state index contributed by atoms with van der Waals surface area (Å²) in [6.07, 6.45) is 0. The van der Waals surface area contributed by atoms with Crippen LogP contribution in [0.25, 0.3) is 0 Å². The summed E-state index contributed by atoms with van der Waals surface area (Å²) in [6.45, 7) is 6.49. The maximum Gasteiger partial charge on any atom is 0.339 e. The van der Waals surface area contributed by atoms with Crippen LogP contribution in [0.4, 0.5) is 5.69 Å². The smallest absolute Gasteiger partial charge is 0.339 e. The number of hydrogen-bond donors (Lipinski definition) is 2. The summed E-state index contributed by atoms with van der Waals surface area (Å²) in [5.41, 5.74) is 2.09. The number of rotatable bonds is 7. The van der Waals surface area contributed by atoms with Crippen molar-refractivity contribution in [2.45, 2.75) is 26.8 Å². The minimum atomic E-state index is -0.447. The molecule has 7 heteroatoms. The van der Waals surface area contributed by atoms with Gasteiger partial charge in [-0.3, -0.25) is 0 Å². The van der Waals surface area contributed by atoms with E-state index >= 15 is 0 Å². The number of anilines is 1. The second kappa shape index (κ2) is 10.1. The number of ether oxygens (including phenoxy) is 2. The van der Waals surface area contributed by atoms with Crippen LogP contribution in [-0.4, -0.2) is 30.3 Å². The Hall–Kier alpha value is -2.31. The zero-order valence-corrected chi connectivity index (χ0v) is 17.1. The standard InChI is InChI=1S/C20H23ClN2O3S/c1-4-25-19(24)16-10-9-15(11-17(16)21)23-20(27)22-14(3)12-26-18-8-6-5-7-13(18)2/h5-11,14H,4,12H2,1-3H3,(H2,22,23,27). The van der Waals surface area contributed by atoms with Gasteiger partial charge < -0.3 is 20.1 Å². The van der Waals surface area contributed by atoms with Gasteiger partial charge in [0.05, 0.1) is 23.2 Å². The van der Waals surface area contributed by atoms with Crippen LogP contribution in [-0.2, 0) is 4.74 Å². The third-order valence-corrected chi connectivity index (χ3v) is 4.21. The fraction of sp³-hybridized carbons (Fsp3) is 0.300. The van der Waals surface area contributed by atoms with Crippen molar-refractivity contribution < 1.29 is 14.3 Å². The number of nitrogens with one attached hydrogen (secondary N) is 2. The lowest BCUT2D eigenvalue weighted by atomic mass is 10.2. The highest BCUT2D eigenvalue weighted by atomic mass is 35.5. The van der Waals surface area contributed by atoms with Crippen molar-refractivity contribution in [2.75, 3.05) is 18.5 Å². The third kappa shape index (κ3) is 6.41. The van der Waals surface area contributed by atoms with E-state index in [1.54, 1.807) is 25.1 Å². The van der Waals surface area contributed by atoms with Crippen molar-refractivity contribution in [1.29, 1.82) is 0 Å². The summed E-state index contributed by atoms with van der Waals surface area (Å²) in [6, 6.07) is 12.8. The first-order valence-electron chi connectivity index (χ1n) is 8.63. The molecule has 0 aliphatic rings. The number of esters is 1. The molecular formula is C20H23ClN2O3S. The first-order chi connectivity index (χ1) is 12.9. The summed E-state index contributed by atoms with van der Waals surface area (Å²) in [5, 5.41) is 6.95. The highest BCUT2D eigenvalue weighted by molar-refractivity contribution is 7.80. The van der Waals surface area contributed by atoms with Gasteiger partial charge in [0.1, 0.15) is 12.4 Å². The number of carbonyl (C=O) groups is 1. The lowest BCUT2D eigenvalue weighted by Gasteiger charge is -2.18. The van der Waals surface area contributed by atoms with E-state index in [-0.39, 0.29) is 6.04 Å². The van der Waals surface area contributed by atoms with Crippen LogP contribution in [0.2, 0.25) is 5.02 Å². The van der Waals surface area contributed by atoms with E-state index in [1.165, 1.54) is 0 Å². The van der Waals surface area contributed by atoms with E-state index in [2.05, 4.69) is 10.6 Å². The summed E-state index contributed by atoms with van der Waals surface area (Å²) in [5.74, 6) is 0.406. The molecule has 1 atom stereocenters. The summed E-state index contributed by atoms with van der Waals surface area (Å²) in [7, 11) is 0. The van der Waals surface area contributed by atoms with Crippen molar-refractivity contribution >= 4 is 40.6 Å². The molecule has 0 amide bonds. The number of halogens is 1. The summed E-state index contributed by atoms with van der Waals surface area (Å²) in [4.78, 5) is 11.8. The van der Waals surface area contributed by atoms with Crippen LogP contribution in [0, 0.1) is 6.92 Å².